The number of carbonyl (C=O) groups is 1. The number of rotatable bonds is 4. The third kappa shape index (κ3) is 3.65. The molecule has 4 rings (SSSR count). The van der Waals surface area contributed by atoms with E-state index in [-0.39, 0.29) is 35.0 Å². The lowest BCUT2D eigenvalue weighted by Crippen LogP contribution is -2.63. The number of Topliss-reactive ketones (excluding diaryl/α,β-unsaturated/α-hetero) is 1. The molecule has 4 nitrogen and oxygen atoms in total. The monoisotopic (exact) mass is 432 g/mol. The molecule has 4 fully saturated rings. The molecule has 4 aliphatic rings. The minimum atomic E-state index is -0.963. The van der Waals surface area contributed by atoms with Crippen LogP contribution in [0.4, 0.5) is 0 Å². The predicted octanol–water partition coefficient (Wildman–Crippen LogP) is 4.51. The zero-order chi connectivity index (χ0) is 22.8. The van der Waals surface area contributed by atoms with Crippen molar-refractivity contribution in [3.8, 4) is 0 Å². The summed E-state index contributed by atoms with van der Waals surface area (Å²) in [7, 11) is 0. The van der Waals surface area contributed by atoms with Crippen LogP contribution in [0, 0.1) is 46.3 Å². The lowest BCUT2D eigenvalue weighted by atomic mass is 9.43. The number of aliphatic hydroxyl groups is 3. The van der Waals surface area contributed by atoms with Gasteiger partial charge in [-0.2, -0.15) is 0 Å². The Morgan fingerprint density at radius 2 is 1.87 bits per heavy atom. The zero-order valence-electron chi connectivity index (χ0n) is 20.2. The first-order valence-electron chi connectivity index (χ1n) is 12.7. The number of hydrogen-bond acceptors (Lipinski definition) is 4. The quantitative estimate of drug-likeness (QED) is 0.571. The van der Waals surface area contributed by atoms with Crippen molar-refractivity contribution >= 4 is 5.78 Å². The number of fused-ring (bicyclic) bond motifs is 5. The molecule has 0 aromatic carbocycles. The molecule has 0 amide bonds. The van der Waals surface area contributed by atoms with Crippen LogP contribution in [0.25, 0.3) is 0 Å². The van der Waals surface area contributed by atoms with Gasteiger partial charge in [0.2, 0.25) is 0 Å². The van der Waals surface area contributed by atoms with E-state index in [2.05, 4.69) is 33.8 Å². The summed E-state index contributed by atoms with van der Waals surface area (Å²) in [6.07, 6.45) is 9.44. The van der Waals surface area contributed by atoms with Crippen LogP contribution in [0.5, 0.6) is 0 Å². The molecular weight excluding hydrogens is 388 g/mol. The van der Waals surface area contributed by atoms with Crippen molar-refractivity contribution in [2.24, 2.45) is 46.3 Å². The van der Waals surface area contributed by atoms with Crippen LogP contribution in [-0.2, 0) is 4.79 Å². The van der Waals surface area contributed by atoms with Gasteiger partial charge >= 0.3 is 0 Å². The summed E-state index contributed by atoms with van der Waals surface area (Å²) in [6.45, 7) is 10.7. The first-order valence-corrected chi connectivity index (χ1v) is 12.7. The normalized spacial score (nSPS) is 49.6. The molecule has 31 heavy (non-hydrogen) atoms. The van der Waals surface area contributed by atoms with E-state index in [1.54, 1.807) is 0 Å². The molecule has 1 unspecified atom stereocenters. The van der Waals surface area contributed by atoms with Crippen molar-refractivity contribution in [3.05, 3.63) is 12.2 Å². The average molecular weight is 433 g/mol. The molecule has 4 heteroatoms. The number of hydrogen-bond donors (Lipinski definition) is 3. The summed E-state index contributed by atoms with van der Waals surface area (Å²) in [6, 6.07) is 0. The largest absolute Gasteiger partial charge is 0.393 e. The van der Waals surface area contributed by atoms with Crippen molar-refractivity contribution in [3.63, 3.8) is 0 Å². The van der Waals surface area contributed by atoms with Gasteiger partial charge in [-0.15, -0.1) is 0 Å². The molecule has 176 valence electrons. The van der Waals surface area contributed by atoms with Gasteiger partial charge in [0.15, 0.2) is 0 Å². The van der Waals surface area contributed by atoms with Gasteiger partial charge in [-0.1, -0.05) is 39.8 Å². The van der Waals surface area contributed by atoms with Crippen LogP contribution in [0.1, 0.15) is 86.0 Å². The second kappa shape index (κ2) is 7.95. The topological polar surface area (TPSA) is 77.8 Å². The number of aliphatic hydroxyl groups excluding tert-OH is 2. The smallest absolute Gasteiger partial charge is 0.133 e. The van der Waals surface area contributed by atoms with Gasteiger partial charge in [0.25, 0.3) is 0 Å². The van der Waals surface area contributed by atoms with Crippen LogP contribution in [0.15, 0.2) is 12.2 Å². The van der Waals surface area contributed by atoms with Crippen molar-refractivity contribution < 1.29 is 20.1 Å². The van der Waals surface area contributed by atoms with E-state index in [0.717, 1.165) is 25.7 Å². The van der Waals surface area contributed by atoms with Crippen LogP contribution in [-0.4, -0.2) is 38.9 Å². The second-order valence-corrected chi connectivity index (χ2v) is 12.5. The molecule has 0 saturated heterocycles. The summed E-state index contributed by atoms with van der Waals surface area (Å²) >= 11 is 0. The van der Waals surface area contributed by atoms with Gasteiger partial charge in [0.05, 0.1) is 17.8 Å². The van der Waals surface area contributed by atoms with E-state index in [1.165, 1.54) is 0 Å². The van der Waals surface area contributed by atoms with Crippen LogP contribution in [0.3, 0.4) is 0 Å². The van der Waals surface area contributed by atoms with Crippen molar-refractivity contribution in [2.75, 3.05) is 0 Å². The highest BCUT2D eigenvalue weighted by molar-refractivity contribution is 5.79. The van der Waals surface area contributed by atoms with E-state index in [1.807, 2.05) is 13.0 Å². The maximum Gasteiger partial charge on any atom is 0.133 e. The third-order valence-electron chi connectivity index (χ3n) is 10.4. The van der Waals surface area contributed by atoms with Crippen LogP contribution in [0.2, 0.25) is 0 Å². The molecular formula is C27H44O4. The Morgan fingerprint density at radius 3 is 2.55 bits per heavy atom. The van der Waals surface area contributed by atoms with E-state index >= 15 is 0 Å². The number of ketones is 1. The third-order valence-corrected chi connectivity index (χ3v) is 10.4. The number of allylic oxidation sites excluding steroid dienone is 1. The Labute approximate surface area is 188 Å². The van der Waals surface area contributed by atoms with Crippen LogP contribution >= 0.6 is 0 Å². The molecule has 0 aliphatic heterocycles. The molecule has 0 spiro atoms. The first kappa shape index (κ1) is 23.4. The fourth-order valence-electron chi connectivity index (χ4n) is 8.62. The lowest BCUT2D eigenvalue weighted by Gasteiger charge is -2.63. The summed E-state index contributed by atoms with van der Waals surface area (Å²) < 4.78 is 0. The fourth-order valence-corrected chi connectivity index (χ4v) is 8.62. The highest BCUT2D eigenvalue weighted by atomic mass is 16.3. The second-order valence-electron chi connectivity index (χ2n) is 12.5. The van der Waals surface area contributed by atoms with Crippen LogP contribution < -0.4 is 0 Å². The Balaban J connectivity index is 1.64. The van der Waals surface area contributed by atoms with Gasteiger partial charge in [0.1, 0.15) is 5.78 Å². The highest BCUT2D eigenvalue weighted by Gasteiger charge is 2.67. The molecule has 0 bridgehead atoms. The molecule has 3 N–H and O–H groups in total. The Hall–Kier alpha value is -0.710. The predicted molar refractivity (Wildman–Crippen MR) is 122 cm³/mol. The molecule has 0 radical (unpaired) electrons. The molecule has 0 aromatic rings. The summed E-state index contributed by atoms with van der Waals surface area (Å²) in [5.74, 6) is 1.72. The molecule has 4 saturated carbocycles. The fraction of sp³-hybridized carbons (Fsp3) is 0.889. The average Bonchev–Trinajstić information content (AvgIpc) is 3.03. The van der Waals surface area contributed by atoms with Crippen molar-refractivity contribution in [2.45, 2.75) is 104 Å². The summed E-state index contributed by atoms with van der Waals surface area (Å²) in [4.78, 5) is 12.1. The van der Waals surface area contributed by atoms with E-state index in [9.17, 15) is 20.1 Å². The van der Waals surface area contributed by atoms with E-state index in [4.69, 9.17) is 0 Å². The maximum atomic E-state index is 12.1. The lowest BCUT2D eigenvalue weighted by molar-refractivity contribution is -0.207. The minimum Gasteiger partial charge on any atom is -0.393 e. The molecule has 0 heterocycles. The molecule has 4 aliphatic carbocycles. The van der Waals surface area contributed by atoms with Gasteiger partial charge < -0.3 is 15.3 Å². The Kier molecular flexibility index (Phi) is 6.02. The Morgan fingerprint density at radius 1 is 1.16 bits per heavy atom. The van der Waals surface area contributed by atoms with E-state index < -0.39 is 23.2 Å². The van der Waals surface area contributed by atoms with Crippen molar-refractivity contribution in [1.29, 1.82) is 0 Å². The summed E-state index contributed by atoms with van der Waals surface area (Å²) in [5.41, 5.74) is -1.34. The van der Waals surface area contributed by atoms with E-state index in [0.29, 0.717) is 37.4 Å². The highest BCUT2D eigenvalue weighted by Crippen LogP contribution is 2.68. The van der Waals surface area contributed by atoms with Gasteiger partial charge in [-0.3, -0.25) is 4.79 Å². The van der Waals surface area contributed by atoms with Gasteiger partial charge in [-0.25, -0.2) is 0 Å². The van der Waals surface area contributed by atoms with Gasteiger partial charge in [0, 0.05) is 18.3 Å². The summed E-state index contributed by atoms with van der Waals surface area (Å²) in [5, 5.41) is 34.4. The van der Waals surface area contributed by atoms with Gasteiger partial charge in [-0.05, 0) is 86.4 Å². The first-order chi connectivity index (χ1) is 14.4. The standard InChI is InChI=1S/C27H44O4/c1-16(2)7-6-11-26(4,31)22-9-8-19-24-20(15-23(30)27(19,22)5)25(3)12-10-18(28)13-17(25)14-21(24)29/h6,11,16-17,19-24,29-31H,7-10,12-15H2,1-5H3/b11-6+/t17?,19-,20-,21+,22+,23+,24-,25-,26-,27-/m0/s1. The Bertz CT molecular complexity index is 727. The number of carbonyl (C=O) groups excluding carboxylic acids is 1. The SMILES string of the molecule is CC(C)C/C=C/[C@](C)(O)[C@H]1CC[C@H]2[C@@H]3[C@H](O)CC4CC(=O)CC[C@]4(C)[C@H]3C[C@@H](O)[C@@]21C. The maximum absolute atomic E-state index is 12.1. The van der Waals surface area contributed by atoms with Crippen molar-refractivity contribution in [1.82, 2.24) is 0 Å². The zero-order valence-corrected chi connectivity index (χ0v) is 20.2. The molecule has 0 aromatic heterocycles. The minimum absolute atomic E-state index is 0.0185. The molecule has 10 atom stereocenters.